The molecule has 3 rings (SSSR count). The third-order valence-electron chi connectivity index (χ3n) is 5.34. The molecule has 0 spiro atoms. The first kappa shape index (κ1) is 30.4. The number of aromatic nitrogens is 2. The summed E-state index contributed by atoms with van der Waals surface area (Å²) in [6.07, 6.45) is -10.9. The van der Waals surface area contributed by atoms with E-state index in [1.165, 1.54) is 6.92 Å². The van der Waals surface area contributed by atoms with Crippen LogP contribution in [0.2, 0.25) is 0 Å². The number of ether oxygens (including phenoxy) is 2. The summed E-state index contributed by atoms with van der Waals surface area (Å²) < 4.78 is 49.1. The second-order valence-electron chi connectivity index (χ2n) is 8.20. The van der Waals surface area contributed by atoms with Gasteiger partial charge in [-0.25, -0.2) is 13.9 Å². The van der Waals surface area contributed by atoms with Crippen LogP contribution < -0.4 is 16.6 Å². The van der Waals surface area contributed by atoms with Gasteiger partial charge in [0.1, 0.15) is 36.6 Å². The first-order valence-electron chi connectivity index (χ1n) is 10.7. The number of aliphatic hydroxyl groups is 3. The van der Waals surface area contributed by atoms with Crippen LogP contribution in [0.5, 0.6) is 0 Å². The fourth-order valence-electron chi connectivity index (χ4n) is 3.59. The van der Waals surface area contributed by atoms with Gasteiger partial charge in [0.2, 0.25) is 5.91 Å². The van der Waals surface area contributed by atoms with Crippen LogP contribution in [-0.2, 0) is 41.6 Å². The van der Waals surface area contributed by atoms with E-state index in [4.69, 9.17) is 9.47 Å². The summed E-state index contributed by atoms with van der Waals surface area (Å²) in [7, 11) is -11.0. The van der Waals surface area contributed by atoms with Crippen molar-refractivity contribution in [3.8, 4) is 0 Å². The van der Waals surface area contributed by atoms with Gasteiger partial charge in [-0.3, -0.25) is 33.0 Å². The molecule has 1 aromatic heterocycles. The lowest BCUT2D eigenvalue weighted by Crippen LogP contribution is -2.61. The van der Waals surface area contributed by atoms with E-state index < -0.39 is 94.3 Å². The summed E-state index contributed by atoms with van der Waals surface area (Å²) >= 11 is 0. The number of nitrogens with zero attached hydrogens (tertiary/aromatic N) is 1. The van der Waals surface area contributed by atoms with E-state index in [9.17, 15) is 53.4 Å². The molecule has 0 aliphatic carbocycles. The fraction of sp³-hybridized carbons (Fsp3) is 0.647. The maximum Gasteiger partial charge on any atom is 0.483 e. The SMILES string of the molecule is CC(=O)N[C@H]1[C@H](OP(=O)(O)OP(=O)(O)OC[C@H]2O[C@@H](n3ccc(=O)[nH]c3=O)[C@H](O)[C@@H]2O)O[C@H](C)C(=O)[C@@H]1O. The van der Waals surface area contributed by atoms with Crippen molar-refractivity contribution in [2.75, 3.05) is 6.61 Å². The Hall–Kier alpha value is -2.12. The van der Waals surface area contributed by atoms with E-state index in [-0.39, 0.29) is 0 Å². The molecule has 2 aliphatic rings. The van der Waals surface area contributed by atoms with Gasteiger partial charge in [-0.15, -0.1) is 0 Å². The lowest BCUT2D eigenvalue weighted by atomic mass is 9.99. The number of carbonyl (C=O) groups excluding carboxylic acids is 2. The van der Waals surface area contributed by atoms with Gasteiger partial charge < -0.3 is 39.9 Å². The van der Waals surface area contributed by atoms with E-state index in [1.807, 2.05) is 4.98 Å². The molecule has 1 aromatic rings. The van der Waals surface area contributed by atoms with Crippen LogP contribution >= 0.6 is 15.6 Å². The molecule has 7 N–H and O–H groups in total. The minimum atomic E-state index is -5.56. The van der Waals surface area contributed by atoms with Crippen LogP contribution in [0.4, 0.5) is 0 Å². The molecular formula is C17H25N3O16P2. The predicted molar refractivity (Wildman–Crippen MR) is 118 cm³/mol. The first-order chi connectivity index (χ1) is 17.5. The van der Waals surface area contributed by atoms with Crippen molar-refractivity contribution in [3.05, 3.63) is 33.1 Å². The molecule has 38 heavy (non-hydrogen) atoms. The van der Waals surface area contributed by atoms with Crippen LogP contribution in [-0.4, -0.2) is 95.8 Å². The Labute approximate surface area is 212 Å². The Bertz CT molecular complexity index is 1270. The van der Waals surface area contributed by atoms with Crippen molar-refractivity contribution < 1.29 is 66.7 Å². The number of rotatable bonds is 9. The number of carbonyl (C=O) groups is 2. The van der Waals surface area contributed by atoms with E-state index in [0.717, 1.165) is 23.8 Å². The first-order valence-corrected chi connectivity index (χ1v) is 13.7. The van der Waals surface area contributed by atoms with Gasteiger partial charge >= 0.3 is 21.3 Å². The third-order valence-corrected chi connectivity index (χ3v) is 7.94. The number of phosphoric acid groups is 2. The van der Waals surface area contributed by atoms with Crippen LogP contribution in [0.15, 0.2) is 21.9 Å². The highest BCUT2D eigenvalue weighted by Crippen LogP contribution is 2.61. The van der Waals surface area contributed by atoms with Crippen molar-refractivity contribution in [1.29, 1.82) is 0 Å². The Morgan fingerprint density at radius 3 is 2.39 bits per heavy atom. The lowest BCUT2D eigenvalue weighted by molar-refractivity contribution is -0.197. The molecule has 2 unspecified atom stereocenters. The van der Waals surface area contributed by atoms with Crippen molar-refractivity contribution in [3.63, 3.8) is 0 Å². The average Bonchev–Trinajstić information content (AvgIpc) is 3.06. The van der Waals surface area contributed by atoms with E-state index in [2.05, 4.69) is 18.7 Å². The molecule has 3 heterocycles. The van der Waals surface area contributed by atoms with Gasteiger partial charge in [0.25, 0.3) is 5.56 Å². The van der Waals surface area contributed by atoms with Gasteiger partial charge in [0, 0.05) is 19.2 Å². The van der Waals surface area contributed by atoms with Gasteiger partial charge in [0.15, 0.2) is 18.3 Å². The Morgan fingerprint density at radius 2 is 1.79 bits per heavy atom. The topological polar surface area (TPSA) is 282 Å². The molecule has 0 radical (unpaired) electrons. The standard InChI is InChI=1S/C17H25N3O16P2/c1-6-11(23)13(25)10(18-7(2)21)16(33-6)35-38(30,31)36-37(28,29)32-5-8-12(24)14(26)15(34-8)20-4-3-9(22)19-17(20)27/h3-4,6,8,10,12-16,24-26H,5H2,1-2H3,(H,18,21)(H,28,29)(H,30,31)(H,19,22,27)/t6-,8-,10-,12-,13-,14-,15-,16+/m1/s1. The average molecular weight is 589 g/mol. The second kappa shape index (κ2) is 11.5. The van der Waals surface area contributed by atoms with Gasteiger partial charge in [-0.2, -0.15) is 4.31 Å². The highest BCUT2D eigenvalue weighted by Gasteiger charge is 2.49. The summed E-state index contributed by atoms with van der Waals surface area (Å²) in [6, 6.07) is -0.749. The van der Waals surface area contributed by atoms with Gasteiger partial charge in [0.05, 0.1) is 6.61 Å². The molecule has 1 amide bonds. The maximum atomic E-state index is 12.4. The number of aliphatic hydroxyl groups excluding tert-OH is 3. The third kappa shape index (κ3) is 7.09. The van der Waals surface area contributed by atoms with E-state index >= 15 is 0 Å². The summed E-state index contributed by atoms with van der Waals surface area (Å²) in [4.78, 5) is 68.2. The lowest BCUT2D eigenvalue weighted by Gasteiger charge is -2.37. The van der Waals surface area contributed by atoms with Crippen LogP contribution in [0.25, 0.3) is 0 Å². The molecule has 0 saturated carbocycles. The molecule has 2 fully saturated rings. The summed E-state index contributed by atoms with van der Waals surface area (Å²) in [5.74, 6) is -1.66. The molecule has 214 valence electrons. The van der Waals surface area contributed by atoms with Crippen molar-refractivity contribution >= 4 is 27.3 Å². The number of hydrogen-bond donors (Lipinski definition) is 7. The van der Waals surface area contributed by atoms with Crippen LogP contribution in [0.3, 0.4) is 0 Å². The zero-order valence-electron chi connectivity index (χ0n) is 19.5. The quantitative estimate of drug-likeness (QED) is 0.138. The Balaban J connectivity index is 1.65. The zero-order valence-corrected chi connectivity index (χ0v) is 21.3. The number of aromatic amines is 1. The largest absolute Gasteiger partial charge is 0.483 e. The summed E-state index contributed by atoms with van der Waals surface area (Å²) in [5, 5.41) is 32.5. The molecule has 21 heteroatoms. The predicted octanol–water partition coefficient (Wildman–Crippen LogP) is -3.41. The van der Waals surface area contributed by atoms with Crippen molar-refractivity contribution in [2.24, 2.45) is 0 Å². The minimum absolute atomic E-state index is 0.732. The zero-order chi connectivity index (χ0) is 28.6. The van der Waals surface area contributed by atoms with Crippen LogP contribution in [0, 0.1) is 0 Å². The molecule has 0 aromatic carbocycles. The summed E-state index contributed by atoms with van der Waals surface area (Å²) in [6.45, 7) is 1.16. The maximum absolute atomic E-state index is 12.4. The Kier molecular flexibility index (Phi) is 9.25. The minimum Gasteiger partial charge on any atom is -0.387 e. The smallest absolute Gasteiger partial charge is 0.387 e. The highest BCUT2D eigenvalue weighted by atomic mass is 31.3. The number of amides is 1. The number of phosphoric ester groups is 2. The van der Waals surface area contributed by atoms with Gasteiger partial charge in [-0.05, 0) is 6.92 Å². The van der Waals surface area contributed by atoms with Crippen LogP contribution in [0.1, 0.15) is 20.1 Å². The van der Waals surface area contributed by atoms with Gasteiger partial charge in [-0.1, -0.05) is 0 Å². The number of ketones is 1. The number of H-pyrrole nitrogens is 1. The fourth-order valence-corrected chi connectivity index (χ4v) is 5.75. The van der Waals surface area contributed by atoms with Crippen molar-refractivity contribution in [2.45, 2.75) is 62.9 Å². The van der Waals surface area contributed by atoms with E-state index in [1.54, 1.807) is 0 Å². The second-order valence-corrected chi connectivity index (χ2v) is 11.2. The molecule has 10 atom stereocenters. The van der Waals surface area contributed by atoms with Crippen molar-refractivity contribution in [1.82, 2.24) is 14.9 Å². The highest BCUT2D eigenvalue weighted by molar-refractivity contribution is 7.61. The summed E-state index contributed by atoms with van der Waals surface area (Å²) in [5.41, 5.74) is -1.74. The van der Waals surface area contributed by atoms with E-state index in [0.29, 0.717) is 0 Å². The number of Topliss-reactive ketones (excluding diaryl/α,β-unsaturated/α-hetero) is 1. The normalized spacial score (nSPS) is 34.9. The molecular weight excluding hydrogens is 564 g/mol. The molecule has 2 aliphatic heterocycles. The monoisotopic (exact) mass is 589 g/mol. The molecule has 0 bridgehead atoms. The molecule has 2 saturated heterocycles. The Morgan fingerprint density at radius 1 is 1.13 bits per heavy atom. The molecule has 19 nitrogen and oxygen atoms in total. The number of nitrogens with one attached hydrogen (secondary N) is 2. The number of hydrogen-bond acceptors (Lipinski definition) is 14.